The predicted molar refractivity (Wildman–Crippen MR) is 89.9 cm³/mol. The van der Waals surface area contributed by atoms with Crippen LogP contribution in [0.2, 0.25) is 0 Å². The molecular formula is C14H25N3O5S2. The van der Waals surface area contributed by atoms with E-state index in [2.05, 4.69) is 5.32 Å². The van der Waals surface area contributed by atoms with Gasteiger partial charge in [-0.05, 0) is 32.1 Å². The number of nitrogens with one attached hydrogen (secondary N) is 1. The standard InChI is InChI=1S/C14H25N3O5S2/c1-23(19,20)14(5-6-14)11-15-13(18)16-7-2-4-12(10-16)17-8-3-9-24(17,21)22/h12H,2-11H2,1H3,(H,15,18). The second-order valence-electron chi connectivity index (χ2n) is 7.14. The maximum Gasteiger partial charge on any atom is 0.317 e. The van der Waals surface area contributed by atoms with Gasteiger partial charge in [0.25, 0.3) is 0 Å². The molecule has 0 bridgehead atoms. The summed E-state index contributed by atoms with van der Waals surface area (Å²) < 4.78 is 48.4. The molecule has 2 aliphatic heterocycles. The lowest BCUT2D eigenvalue weighted by molar-refractivity contribution is 0.153. The number of sulfone groups is 1. The van der Waals surface area contributed by atoms with E-state index >= 15 is 0 Å². The lowest BCUT2D eigenvalue weighted by Gasteiger charge is -2.36. The van der Waals surface area contributed by atoms with E-state index in [1.165, 1.54) is 10.6 Å². The lowest BCUT2D eigenvalue weighted by atomic mass is 10.1. The normalized spacial score (nSPS) is 29.4. The topological polar surface area (TPSA) is 104 Å². The third-order valence-electron chi connectivity index (χ3n) is 5.39. The van der Waals surface area contributed by atoms with E-state index in [4.69, 9.17) is 0 Å². The predicted octanol–water partition coefficient (Wildman–Crippen LogP) is -0.227. The maximum atomic E-state index is 12.4. The second kappa shape index (κ2) is 6.14. The number of hydrogen-bond donors (Lipinski definition) is 1. The Labute approximate surface area is 143 Å². The highest BCUT2D eigenvalue weighted by molar-refractivity contribution is 7.92. The van der Waals surface area contributed by atoms with Crippen LogP contribution in [-0.4, -0.2) is 81.0 Å². The summed E-state index contributed by atoms with van der Waals surface area (Å²) in [5, 5.41) is 2.73. The van der Waals surface area contributed by atoms with Crippen molar-refractivity contribution in [1.82, 2.24) is 14.5 Å². The molecule has 1 saturated carbocycles. The van der Waals surface area contributed by atoms with Gasteiger partial charge in [0.15, 0.2) is 9.84 Å². The summed E-state index contributed by atoms with van der Waals surface area (Å²) in [5.74, 6) is 0.187. The van der Waals surface area contributed by atoms with Gasteiger partial charge in [-0.15, -0.1) is 0 Å². The second-order valence-corrected chi connectivity index (χ2v) is 11.6. The van der Waals surface area contributed by atoms with Crippen LogP contribution in [0.5, 0.6) is 0 Å². The van der Waals surface area contributed by atoms with E-state index in [0.29, 0.717) is 38.9 Å². The van der Waals surface area contributed by atoms with Crippen molar-refractivity contribution in [2.24, 2.45) is 0 Å². The van der Waals surface area contributed by atoms with Crippen molar-refractivity contribution in [2.75, 3.05) is 38.2 Å². The van der Waals surface area contributed by atoms with Gasteiger partial charge in [-0.2, -0.15) is 4.31 Å². The molecule has 3 fully saturated rings. The summed E-state index contributed by atoms with van der Waals surface area (Å²) >= 11 is 0. The summed E-state index contributed by atoms with van der Waals surface area (Å²) in [7, 11) is -6.36. The minimum absolute atomic E-state index is 0.133. The average molecular weight is 380 g/mol. The summed E-state index contributed by atoms with van der Waals surface area (Å²) in [6.45, 7) is 1.60. The summed E-state index contributed by atoms with van der Waals surface area (Å²) in [4.78, 5) is 14.0. The molecule has 10 heteroatoms. The van der Waals surface area contributed by atoms with Crippen LogP contribution >= 0.6 is 0 Å². The number of sulfonamides is 1. The smallest absolute Gasteiger partial charge is 0.317 e. The molecule has 0 radical (unpaired) electrons. The average Bonchev–Trinajstić information content (AvgIpc) is 3.23. The first kappa shape index (κ1) is 17.9. The van der Waals surface area contributed by atoms with Crippen molar-refractivity contribution in [3.05, 3.63) is 0 Å². The van der Waals surface area contributed by atoms with Crippen molar-refractivity contribution in [1.29, 1.82) is 0 Å². The van der Waals surface area contributed by atoms with E-state index in [-0.39, 0.29) is 24.4 Å². The Balaban J connectivity index is 1.58. The van der Waals surface area contributed by atoms with Gasteiger partial charge < -0.3 is 10.2 Å². The van der Waals surface area contributed by atoms with E-state index in [0.717, 1.165) is 12.8 Å². The van der Waals surface area contributed by atoms with Crippen molar-refractivity contribution in [3.63, 3.8) is 0 Å². The van der Waals surface area contributed by atoms with Crippen LogP contribution in [0.4, 0.5) is 4.79 Å². The SMILES string of the molecule is CS(=O)(=O)C1(CNC(=O)N2CCCC(N3CCCS3(=O)=O)C2)CC1. The van der Waals surface area contributed by atoms with Crippen LogP contribution in [0.3, 0.4) is 0 Å². The van der Waals surface area contributed by atoms with E-state index in [1.807, 2.05) is 0 Å². The highest BCUT2D eigenvalue weighted by Gasteiger charge is 2.52. The molecule has 3 aliphatic rings. The fourth-order valence-corrected chi connectivity index (χ4v) is 6.55. The Morgan fingerprint density at radius 2 is 1.96 bits per heavy atom. The van der Waals surface area contributed by atoms with Crippen LogP contribution in [0.15, 0.2) is 0 Å². The minimum atomic E-state index is -3.19. The van der Waals surface area contributed by atoms with Crippen molar-refractivity contribution in [3.8, 4) is 0 Å². The van der Waals surface area contributed by atoms with Crippen LogP contribution in [-0.2, 0) is 19.9 Å². The third-order valence-corrected chi connectivity index (χ3v) is 9.51. The van der Waals surface area contributed by atoms with Crippen LogP contribution in [0, 0.1) is 0 Å². The number of carbonyl (C=O) groups is 1. The Morgan fingerprint density at radius 1 is 1.25 bits per heavy atom. The van der Waals surface area contributed by atoms with Crippen molar-refractivity contribution in [2.45, 2.75) is 42.9 Å². The maximum absolute atomic E-state index is 12.4. The first-order chi connectivity index (χ1) is 11.1. The number of urea groups is 1. The van der Waals surface area contributed by atoms with Crippen LogP contribution in [0.25, 0.3) is 0 Å². The first-order valence-electron chi connectivity index (χ1n) is 8.37. The van der Waals surface area contributed by atoms with Gasteiger partial charge in [-0.3, -0.25) is 0 Å². The zero-order valence-electron chi connectivity index (χ0n) is 13.9. The molecule has 2 heterocycles. The molecule has 3 rings (SSSR count). The van der Waals surface area contributed by atoms with Gasteiger partial charge in [-0.1, -0.05) is 0 Å². The number of likely N-dealkylation sites (tertiary alicyclic amines) is 1. The van der Waals surface area contributed by atoms with Gasteiger partial charge in [0.1, 0.15) is 0 Å². The monoisotopic (exact) mass is 379 g/mol. The molecular weight excluding hydrogens is 354 g/mol. The van der Waals surface area contributed by atoms with Gasteiger partial charge in [0, 0.05) is 38.5 Å². The molecule has 24 heavy (non-hydrogen) atoms. The Bertz CT molecular complexity index is 715. The largest absolute Gasteiger partial charge is 0.336 e. The number of nitrogens with zero attached hydrogens (tertiary/aromatic N) is 2. The Hall–Kier alpha value is -0.870. The van der Waals surface area contributed by atoms with Crippen molar-refractivity contribution < 1.29 is 21.6 Å². The van der Waals surface area contributed by atoms with Crippen LogP contribution < -0.4 is 5.32 Å². The first-order valence-corrected chi connectivity index (χ1v) is 11.9. The molecule has 0 aromatic heterocycles. The quantitative estimate of drug-likeness (QED) is 0.727. The molecule has 138 valence electrons. The van der Waals surface area contributed by atoms with E-state index < -0.39 is 24.6 Å². The van der Waals surface area contributed by atoms with Gasteiger partial charge in [0.05, 0.1) is 10.5 Å². The zero-order chi connectivity index (χ0) is 17.6. The molecule has 1 atom stereocenters. The van der Waals surface area contributed by atoms with Gasteiger partial charge in [-0.25, -0.2) is 21.6 Å². The van der Waals surface area contributed by atoms with E-state index in [9.17, 15) is 21.6 Å². The van der Waals surface area contributed by atoms with E-state index in [1.54, 1.807) is 4.90 Å². The molecule has 2 amide bonds. The summed E-state index contributed by atoms with van der Waals surface area (Å²) in [6, 6.07) is -0.465. The van der Waals surface area contributed by atoms with Gasteiger partial charge >= 0.3 is 6.03 Å². The third kappa shape index (κ3) is 3.41. The van der Waals surface area contributed by atoms with Crippen molar-refractivity contribution >= 4 is 25.9 Å². The Kier molecular flexibility index (Phi) is 4.59. The fraction of sp³-hybridized carbons (Fsp3) is 0.929. The number of carbonyl (C=O) groups excluding carboxylic acids is 1. The van der Waals surface area contributed by atoms with Gasteiger partial charge in [0.2, 0.25) is 10.0 Å². The zero-order valence-corrected chi connectivity index (χ0v) is 15.5. The highest BCUT2D eigenvalue weighted by atomic mass is 32.2. The molecule has 0 aromatic carbocycles. The lowest BCUT2D eigenvalue weighted by Crippen LogP contribution is -2.53. The molecule has 2 saturated heterocycles. The summed E-state index contributed by atoms with van der Waals surface area (Å²) in [5.41, 5.74) is 0. The summed E-state index contributed by atoms with van der Waals surface area (Å²) in [6.07, 6.45) is 4.53. The minimum Gasteiger partial charge on any atom is -0.336 e. The molecule has 1 aliphatic carbocycles. The number of piperidine rings is 1. The number of amides is 2. The number of hydrogen-bond acceptors (Lipinski definition) is 5. The molecule has 0 aromatic rings. The molecule has 8 nitrogen and oxygen atoms in total. The molecule has 1 N–H and O–H groups in total. The molecule has 1 unspecified atom stereocenters. The highest BCUT2D eigenvalue weighted by Crippen LogP contribution is 2.42. The molecule has 0 spiro atoms. The Morgan fingerprint density at radius 3 is 2.50 bits per heavy atom. The van der Waals surface area contributed by atoms with Crippen LogP contribution in [0.1, 0.15) is 32.1 Å². The fourth-order valence-electron chi connectivity index (χ4n) is 3.61. The number of rotatable bonds is 4.